The lowest BCUT2D eigenvalue weighted by Gasteiger charge is -1.94. The molecule has 0 aromatic carbocycles. The quantitative estimate of drug-likeness (QED) is 0.428. The van der Waals surface area contributed by atoms with E-state index in [2.05, 4.69) is 18.7 Å². The Balaban J connectivity index is 2.98. The van der Waals surface area contributed by atoms with E-state index >= 15 is 0 Å². The van der Waals surface area contributed by atoms with Gasteiger partial charge in [0, 0.05) is 6.61 Å². The van der Waals surface area contributed by atoms with Crippen molar-refractivity contribution in [2.75, 3.05) is 6.61 Å². The molecule has 0 bridgehead atoms. The lowest BCUT2D eigenvalue weighted by Crippen LogP contribution is -1.81. The van der Waals surface area contributed by atoms with Gasteiger partial charge in [0.25, 0.3) is 0 Å². The molecule has 0 atom stereocenters. The molecule has 0 saturated heterocycles. The minimum absolute atomic E-state index is 0.336. The van der Waals surface area contributed by atoms with Crippen molar-refractivity contribution in [2.45, 2.75) is 44.9 Å². The van der Waals surface area contributed by atoms with Crippen molar-refractivity contribution in [1.29, 1.82) is 0 Å². The van der Waals surface area contributed by atoms with Crippen molar-refractivity contribution < 1.29 is 5.11 Å². The minimum Gasteiger partial charge on any atom is -0.396 e. The van der Waals surface area contributed by atoms with Crippen LogP contribution in [0.2, 0.25) is 0 Å². The van der Waals surface area contributed by atoms with E-state index in [1.165, 1.54) is 19.3 Å². The van der Waals surface area contributed by atoms with Crippen molar-refractivity contribution >= 4 is 0 Å². The van der Waals surface area contributed by atoms with Gasteiger partial charge in [-0.05, 0) is 38.5 Å². The highest BCUT2D eigenvalue weighted by molar-refractivity contribution is 4.82. The predicted octanol–water partition coefficient (Wildman–Crippen LogP) is 3.45. The zero-order valence-electron chi connectivity index (χ0n) is 8.54. The molecule has 1 nitrogen and oxygen atoms in total. The molecule has 0 rings (SSSR count). The van der Waals surface area contributed by atoms with E-state index in [9.17, 15) is 0 Å². The van der Waals surface area contributed by atoms with Crippen LogP contribution in [0.25, 0.3) is 0 Å². The second kappa shape index (κ2) is 11.4. The van der Waals surface area contributed by atoms with Crippen molar-refractivity contribution in [1.82, 2.24) is 0 Å². The summed E-state index contributed by atoms with van der Waals surface area (Å²) in [4.78, 5) is 0. The Kier molecular flexibility index (Phi) is 10.9. The highest BCUT2D eigenvalue weighted by atomic mass is 16.2. The number of unbranched alkanes of at least 4 members (excludes halogenated alkanes) is 5. The number of hydrogen-bond acceptors (Lipinski definition) is 1. The van der Waals surface area contributed by atoms with Crippen molar-refractivity contribution in [3.05, 3.63) is 24.8 Å². The number of aliphatic hydroxyl groups excluding tert-OH is 1. The van der Waals surface area contributed by atoms with E-state index in [1.54, 1.807) is 0 Å². The molecular formula is C12H22O. The number of aliphatic hydroxyl groups is 1. The largest absolute Gasteiger partial charge is 0.396 e. The highest BCUT2D eigenvalue weighted by Gasteiger charge is 1.84. The third kappa shape index (κ3) is 11.4. The SMILES string of the molecule is C=CCCCC=CCCCCCO. The van der Waals surface area contributed by atoms with Gasteiger partial charge in [-0.1, -0.05) is 24.6 Å². The first-order valence-electron chi connectivity index (χ1n) is 5.28. The smallest absolute Gasteiger partial charge is 0.0431 e. The zero-order valence-corrected chi connectivity index (χ0v) is 8.54. The van der Waals surface area contributed by atoms with Gasteiger partial charge in [0.2, 0.25) is 0 Å². The molecule has 0 fully saturated rings. The topological polar surface area (TPSA) is 20.2 Å². The molecular weight excluding hydrogens is 160 g/mol. The Labute approximate surface area is 82.2 Å². The summed E-state index contributed by atoms with van der Waals surface area (Å²) >= 11 is 0. The van der Waals surface area contributed by atoms with Gasteiger partial charge >= 0.3 is 0 Å². The fourth-order valence-corrected chi connectivity index (χ4v) is 1.17. The third-order valence-corrected chi connectivity index (χ3v) is 1.97. The molecule has 0 spiro atoms. The van der Waals surface area contributed by atoms with E-state index in [-0.39, 0.29) is 0 Å². The summed E-state index contributed by atoms with van der Waals surface area (Å²) in [6, 6.07) is 0. The summed E-state index contributed by atoms with van der Waals surface area (Å²) < 4.78 is 0. The van der Waals surface area contributed by atoms with E-state index < -0.39 is 0 Å². The maximum absolute atomic E-state index is 8.54. The molecule has 1 heteroatoms. The summed E-state index contributed by atoms with van der Waals surface area (Å²) in [6.07, 6.45) is 14.4. The molecule has 0 unspecified atom stereocenters. The van der Waals surface area contributed by atoms with Gasteiger partial charge in [-0.3, -0.25) is 0 Å². The van der Waals surface area contributed by atoms with Crippen molar-refractivity contribution in [3.8, 4) is 0 Å². The molecule has 76 valence electrons. The van der Waals surface area contributed by atoms with Gasteiger partial charge in [0.1, 0.15) is 0 Å². The minimum atomic E-state index is 0.336. The molecule has 0 aromatic heterocycles. The summed E-state index contributed by atoms with van der Waals surface area (Å²) in [7, 11) is 0. The maximum Gasteiger partial charge on any atom is 0.0431 e. The summed E-state index contributed by atoms with van der Waals surface area (Å²) in [6.45, 7) is 4.02. The Bertz CT molecular complexity index is 127. The van der Waals surface area contributed by atoms with Crippen molar-refractivity contribution in [3.63, 3.8) is 0 Å². The van der Waals surface area contributed by atoms with Crippen LogP contribution in [-0.2, 0) is 0 Å². The normalized spacial score (nSPS) is 10.8. The van der Waals surface area contributed by atoms with Crippen LogP contribution in [0.1, 0.15) is 44.9 Å². The average Bonchev–Trinajstić information content (AvgIpc) is 2.16. The molecule has 0 aliphatic carbocycles. The fraction of sp³-hybridized carbons (Fsp3) is 0.667. The van der Waals surface area contributed by atoms with Gasteiger partial charge < -0.3 is 5.11 Å². The molecule has 0 aliphatic rings. The Morgan fingerprint density at radius 2 is 1.54 bits per heavy atom. The number of hydrogen-bond donors (Lipinski definition) is 1. The van der Waals surface area contributed by atoms with Crippen LogP contribution in [0.4, 0.5) is 0 Å². The van der Waals surface area contributed by atoms with Crippen LogP contribution < -0.4 is 0 Å². The van der Waals surface area contributed by atoms with Gasteiger partial charge in [0.15, 0.2) is 0 Å². The highest BCUT2D eigenvalue weighted by Crippen LogP contribution is 2.02. The number of allylic oxidation sites excluding steroid dienone is 3. The first kappa shape index (κ1) is 12.4. The van der Waals surface area contributed by atoms with Crippen LogP contribution >= 0.6 is 0 Å². The second-order valence-corrected chi connectivity index (χ2v) is 3.26. The van der Waals surface area contributed by atoms with Gasteiger partial charge in [-0.15, -0.1) is 6.58 Å². The molecule has 0 heterocycles. The molecule has 13 heavy (non-hydrogen) atoms. The fourth-order valence-electron chi connectivity index (χ4n) is 1.17. The second-order valence-electron chi connectivity index (χ2n) is 3.26. The van der Waals surface area contributed by atoms with Crippen LogP contribution in [0.3, 0.4) is 0 Å². The van der Waals surface area contributed by atoms with Gasteiger partial charge in [0.05, 0.1) is 0 Å². The Hall–Kier alpha value is -0.560. The summed E-state index contributed by atoms with van der Waals surface area (Å²) in [5.41, 5.74) is 0. The van der Waals surface area contributed by atoms with Crippen LogP contribution in [0.5, 0.6) is 0 Å². The summed E-state index contributed by atoms with van der Waals surface area (Å²) in [5, 5.41) is 8.54. The molecule has 0 aliphatic heterocycles. The lowest BCUT2D eigenvalue weighted by molar-refractivity contribution is 0.283. The van der Waals surface area contributed by atoms with Crippen LogP contribution in [0.15, 0.2) is 24.8 Å². The first-order valence-corrected chi connectivity index (χ1v) is 5.28. The Morgan fingerprint density at radius 1 is 0.846 bits per heavy atom. The molecule has 0 aromatic rings. The Morgan fingerprint density at radius 3 is 2.15 bits per heavy atom. The molecule has 1 N–H and O–H groups in total. The number of rotatable bonds is 9. The lowest BCUT2D eigenvalue weighted by atomic mass is 10.1. The third-order valence-electron chi connectivity index (χ3n) is 1.97. The van der Waals surface area contributed by atoms with Gasteiger partial charge in [-0.2, -0.15) is 0 Å². The average molecular weight is 182 g/mol. The maximum atomic E-state index is 8.54. The van der Waals surface area contributed by atoms with E-state index in [0.29, 0.717) is 6.61 Å². The van der Waals surface area contributed by atoms with Crippen LogP contribution in [0, 0.1) is 0 Å². The van der Waals surface area contributed by atoms with E-state index in [4.69, 9.17) is 5.11 Å². The first-order chi connectivity index (χ1) is 6.41. The van der Waals surface area contributed by atoms with E-state index in [0.717, 1.165) is 25.7 Å². The standard InChI is InChI=1S/C12H22O/c1-2-3-4-5-6-7-8-9-10-11-12-13/h2,6-7,13H,1,3-5,8-12H2. The predicted molar refractivity (Wildman–Crippen MR) is 58.7 cm³/mol. The van der Waals surface area contributed by atoms with E-state index in [1.807, 2.05) is 6.08 Å². The molecule has 0 saturated carbocycles. The van der Waals surface area contributed by atoms with Crippen LogP contribution in [-0.4, -0.2) is 11.7 Å². The molecule has 0 radical (unpaired) electrons. The van der Waals surface area contributed by atoms with Crippen molar-refractivity contribution in [2.24, 2.45) is 0 Å². The van der Waals surface area contributed by atoms with Gasteiger partial charge in [-0.25, -0.2) is 0 Å². The molecule has 0 amide bonds. The summed E-state index contributed by atoms with van der Waals surface area (Å²) in [5.74, 6) is 0. The zero-order chi connectivity index (χ0) is 9.78. The monoisotopic (exact) mass is 182 g/mol.